The molecule has 0 unspecified atom stereocenters. The second-order valence-electron chi connectivity index (χ2n) is 10.9. The summed E-state index contributed by atoms with van der Waals surface area (Å²) in [5.41, 5.74) is 3.18. The number of ether oxygens (including phenoxy) is 1. The van der Waals surface area contributed by atoms with Crippen LogP contribution in [0, 0.1) is 6.92 Å². The Balaban J connectivity index is 1.33. The van der Waals surface area contributed by atoms with Crippen LogP contribution in [0.5, 0.6) is 17.2 Å². The maximum absolute atomic E-state index is 11.3. The van der Waals surface area contributed by atoms with E-state index in [9.17, 15) is 10.2 Å². The predicted octanol–water partition coefficient (Wildman–Crippen LogP) is 11.6. The van der Waals surface area contributed by atoms with Crippen molar-refractivity contribution < 1.29 is 58.8 Å². The minimum atomic E-state index is -0.195. The lowest BCUT2D eigenvalue weighted by Gasteiger charge is -2.12. The van der Waals surface area contributed by atoms with Crippen LogP contribution in [0.1, 0.15) is 5.56 Å². The molecule has 54 heavy (non-hydrogen) atoms. The number of phenols is 2. The van der Waals surface area contributed by atoms with E-state index in [1.54, 1.807) is 49.4 Å². The Morgan fingerprint density at radius 2 is 1.28 bits per heavy atom. The fraction of sp³-hybridized carbons (Fsp3) is 0.0588. The lowest BCUT2D eigenvalue weighted by molar-refractivity contribution is -0.432. The standard InChI is InChI=1S/C34H27N5O12S3/c1-18-10-27(37-39-33-31(54-51-48-44)14-19-11-22(8-9-25(19)34(33)41)35-21-6-4-3-5-7-21)30(45-2)17-26(18)36-38-28-15-23(52-49-46-42)12-20-13-24(53-50-47-43)16-29(40)32(20)28/h3-17,35,40-44H,1-2H3. The lowest BCUT2D eigenvalue weighted by Crippen LogP contribution is -1.90. The predicted molar refractivity (Wildman–Crippen MR) is 199 cm³/mol. The highest BCUT2D eigenvalue weighted by molar-refractivity contribution is 7.95. The third-order valence-corrected chi connectivity index (χ3v) is 9.30. The lowest BCUT2D eigenvalue weighted by atomic mass is 10.1. The Morgan fingerprint density at radius 3 is 1.98 bits per heavy atom. The maximum Gasteiger partial charge on any atom is 0.152 e. The highest BCUT2D eigenvalue weighted by Crippen LogP contribution is 2.46. The van der Waals surface area contributed by atoms with Gasteiger partial charge in [-0.15, -0.1) is 28.3 Å². The van der Waals surface area contributed by atoms with Gasteiger partial charge in [0, 0.05) is 32.6 Å². The molecule has 0 atom stereocenters. The first-order valence-corrected chi connectivity index (χ1v) is 17.4. The zero-order valence-corrected chi connectivity index (χ0v) is 30.2. The monoisotopic (exact) mass is 793 g/mol. The quantitative estimate of drug-likeness (QED) is 0.0232. The third kappa shape index (κ3) is 9.17. The summed E-state index contributed by atoms with van der Waals surface area (Å²) in [6, 6.07) is 26.1. The van der Waals surface area contributed by atoms with Crippen LogP contribution in [0.15, 0.2) is 126 Å². The molecule has 0 aromatic heterocycles. The van der Waals surface area contributed by atoms with E-state index in [0.29, 0.717) is 78.7 Å². The first-order chi connectivity index (χ1) is 26.3. The van der Waals surface area contributed by atoms with Gasteiger partial charge in [0.25, 0.3) is 0 Å². The second-order valence-corrected chi connectivity index (χ2v) is 13.2. The summed E-state index contributed by atoms with van der Waals surface area (Å²) in [4.78, 5) is 1.08. The van der Waals surface area contributed by atoms with Crippen LogP contribution in [0.4, 0.5) is 34.1 Å². The summed E-state index contributed by atoms with van der Waals surface area (Å²) in [5, 5.41) is 82.1. The summed E-state index contributed by atoms with van der Waals surface area (Å²) < 4.78 is 19.4. The van der Waals surface area contributed by atoms with Gasteiger partial charge in [0.05, 0.1) is 64.9 Å². The highest BCUT2D eigenvalue weighted by Gasteiger charge is 2.17. The van der Waals surface area contributed by atoms with Gasteiger partial charge in [0.2, 0.25) is 0 Å². The number of benzene rings is 6. The first-order valence-electron chi connectivity index (χ1n) is 15.2. The second kappa shape index (κ2) is 18.3. The number of fused-ring (bicyclic) bond motifs is 2. The number of nitrogens with one attached hydrogen (secondary N) is 1. The summed E-state index contributed by atoms with van der Waals surface area (Å²) >= 11 is 1.94. The van der Waals surface area contributed by atoms with Crippen LogP contribution in [0.25, 0.3) is 21.5 Å². The molecular formula is C34H27N5O12S3. The molecule has 0 saturated carbocycles. The molecule has 0 spiro atoms. The number of rotatable bonds is 16. The van der Waals surface area contributed by atoms with Crippen LogP contribution >= 0.6 is 36.1 Å². The molecule has 0 fully saturated rings. The third-order valence-electron chi connectivity index (χ3n) is 7.56. The van der Waals surface area contributed by atoms with Crippen molar-refractivity contribution in [3.05, 3.63) is 96.6 Å². The van der Waals surface area contributed by atoms with Crippen LogP contribution in [0.3, 0.4) is 0 Å². The average Bonchev–Trinajstić information content (AvgIpc) is 3.17. The van der Waals surface area contributed by atoms with Gasteiger partial charge in [-0.05, 0) is 90.0 Å². The van der Waals surface area contributed by atoms with E-state index in [2.05, 4.69) is 49.6 Å². The number of para-hydroxylation sites is 1. The van der Waals surface area contributed by atoms with E-state index in [0.717, 1.165) is 11.4 Å². The minimum absolute atomic E-state index is 0.0359. The number of aromatic hydroxyl groups is 2. The van der Waals surface area contributed by atoms with Crippen molar-refractivity contribution in [1.82, 2.24) is 0 Å². The number of phenolic OH excluding ortho intramolecular Hbond substituents is 2. The van der Waals surface area contributed by atoms with Crippen LogP contribution < -0.4 is 10.1 Å². The first kappa shape index (κ1) is 38.6. The summed E-state index contributed by atoms with van der Waals surface area (Å²) in [6.07, 6.45) is 0. The van der Waals surface area contributed by atoms with Crippen molar-refractivity contribution in [2.24, 2.45) is 20.5 Å². The van der Waals surface area contributed by atoms with Gasteiger partial charge in [-0.2, -0.15) is 5.11 Å². The van der Waals surface area contributed by atoms with Crippen molar-refractivity contribution in [1.29, 1.82) is 0 Å². The van der Waals surface area contributed by atoms with E-state index in [1.807, 2.05) is 42.5 Å². The largest absolute Gasteiger partial charge is 0.507 e. The normalized spacial score (nSPS) is 11.7. The Hall–Kier alpha value is -5.07. The van der Waals surface area contributed by atoms with Crippen molar-refractivity contribution in [2.45, 2.75) is 21.6 Å². The van der Waals surface area contributed by atoms with E-state index in [4.69, 9.17) is 24.8 Å². The molecule has 0 bridgehead atoms. The molecule has 6 rings (SSSR count). The van der Waals surface area contributed by atoms with E-state index >= 15 is 0 Å². The van der Waals surface area contributed by atoms with E-state index < -0.39 is 0 Å². The Kier molecular flexibility index (Phi) is 13.1. The van der Waals surface area contributed by atoms with Crippen molar-refractivity contribution in [3.8, 4) is 17.2 Å². The molecule has 278 valence electrons. The Bertz CT molecular complexity index is 2330. The molecule has 0 aliphatic heterocycles. The molecule has 0 aliphatic carbocycles. The molecule has 0 radical (unpaired) electrons. The van der Waals surface area contributed by atoms with Crippen molar-refractivity contribution in [3.63, 3.8) is 0 Å². The number of aryl methyl sites for hydroxylation is 1. The maximum atomic E-state index is 11.3. The number of hydrogen-bond donors (Lipinski definition) is 6. The molecule has 17 nitrogen and oxygen atoms in total. The Labute approximate surface area is 317 Å². The van der Waals surface area contributed by atoms with Gasteiger partial charge < -0.3 is 20.3 Å². The smallest absolute Gasteiger partial charge is 0.152 e. The van der Waals surface area contributed by atoms with Gasteiger partial charge in [0.1, 0.15) is 22.9 Å². The average molecular weight is 794 g/mol. The summed E-state index contributed by atoms with van der Waals surface area (Å²) in [7, 11) is 1.43. The number of methoxy groups -OCH3 is 1. The fourth-order valence-corrected chi connectivity index (χ4v) is 6.64. The van der Waals surface area contributed by atoms with Gasteiger partial charge in [-0.3, -0.25) is 0 Å². The molecule has 0 heterocycles. The minimum Gasteiger partial charge on any atom is -0.507 e. The molecule has 0 aliphatic rings. The topological polar surface area (TPSA) is 227 Å². The van der Waals surface area contributed by atoms with Crippen molar-refractivity contribution in [2.75, 3.05) is 12.4 Å². The zero-order valence-electron chi connectivity index (χ0n) is 27.8. The van der Waals surface area contributed by atoms with Gasteiger partial charge >= 0.3 is 0 Å². The number of anilines is 2. The number of nitrogens with zero attached hydrogens (tertiary/aromatic N) is 4. The SMILES string of the molecule is COc1cc(N=Nc2cc(SOOO)cc3cc(SOOO)cc(O)c23)c(C)cc1N=Nc1c(SOOO)cc2cc(Nc3ccccc3)ccc2c1O. The van der Waals surface area contributed by atoms with Gasteiger partial charge in [0.15, 0.2) is 5.75 Å². The number of azo groups is 2. The molecular weight excluding hydrogens is 767 g/mol. The molecule has 6 N–H and O–H groups in total. The van der Waals surface area contributed by atoms with Crippen LogP contribution in [-0.2, 0) is 28.1 Å². The Morgan fingerprint density at radius 1 is 0.611 bits per heavy atom. The summed E-state index contributed by atoms with van der Waals surface area (Å²) in [6.45, 7) is 1.76. The van der Waals surface area contributed by atoms with Gasteiger partial charge in [-0.1, -0.05) is 33.3 Å². The van der Waals surface area contributed by atoms with Crippen molar-refractivity contribution >= 4 is 91.8 Å². The molecule has 6 aromatic carbocycles. The van der Waals surface area contributed by atoms with Crippen LogP contribution in [-0.4, -0.2) is 33.1 Å². The molecule has 20 heteroatoms. The van der Waals surface area contributed by atoms with Crippen LogP contribution in [0.2, 0.25) is 0 Å². The highest BCUT2D eigenvalue weighted by atomic mass is 32.2. The molecule has 6 aromatic rings. The van der Waals surface area contributed by atoms with E-state index in [1.165, 1.54) is 13.2 Å². The molecule has 0 amide bonds. The van der Waals surface area contributed by atoms with Gasteiger partial charge in [-0.25, -0.2) is 15.8 Å². The fourth-order valence-electron chi connectivity index (χ4n) is 5.25. The molecule has 0 saturated heterocycles. The summed E-state index contributed by atoms with van der Waals surface area (Å²) in [5.74, 6) is -0.113. The van der Waals surface area contributed by atoms with E-state index in [-0.39, 0.29) is 39.2 Å². The zero-order chi connectivity index (χ0) is 38.0. The number of hydrogen-bond acceptors (Lipinski definition) is 20.